The van der Waals surface area contributed by atoms with Crippen LogP contribution in [0, 0.1) is 0 Å². The van der Waals surface area contributed by atoms with Gasteiger partial charge in [-0.3, -0.25) is 4.79 Å². The number of rotatable bonds is 6. The van der Waals surface area contributed by atoms with Gasteiger partial charge in [-0.25, -0.2) is 13.1 Å². The van der Waals surface area contributed by atoms with E-state index in [2.05, 4.69) is 10.0 Å². The minimum absolute atomic E-state index is 0.148. The van der Waals surface area contributed by atoms with Crippen LogP contribution in [0.5, 0.6) is 5.75 Å². The maximum Gasteiger partial charge on any atom is 0.241 e. The van der Waals surface area contributed by atoms with Crippen LogP contribution in [0.1, 0.15) is 26.3 Å². The predicted octanol–water partition coefficient (Wildman–Crippen LogP) is 2.95. The van der Waals surface area contributed by atoms with E-state index in [1.54, 1.807) is 46.1 Å². The van der Waals surface area contributed by atoms with Gasteiger partial charge in [0.05, 0.1) is 18.4 Å². The van der Waals surface area contributed by atoms with E-state index >= 15 is 0 Å². The van der Waals surface area contributed by atoms with Crippen molar-refractivity contribution in [2.75, 3.05) is 12.4 Å². The number of hydrogen-bond acceptors (Lipinski definition) is 4. The lowest BCUT2D eigenvalue weighted by Crippen LogP contribution is -2.40. The Morgan fingerprint density at radius 3 is 2.23 bits per heavy atom. The number of para-hydroxylation sites is 1. The summed E-state index contributed by atoms with van der Waals surface area (Å²) < 4.78 is 32.4. The zero-order valence-electron chi connectivity index (χ0n) is 15.4. The lowest BCUT2D eigenvalue weighted by Gasteiger charge is -2.20. The molecule has 0 saturated heterocycles. The molecule has 0 aliphatic rings. The molecule has 2 aromatic rings. The maximum absolute atomic E-state index is 12.3. The second kappa shape index (κ2) is 7.88. The Morgan fingerprint density at radius 2 is 1.65 bits per heavy atom. The molecule has 6 nitrogen and oxygen atoms in total. The highest BCUT2D eigenvalue weighted by Crippen LogP contribution is 2.19. The van der Waals surface area contributed by atoms with E-state index in [1.165, 1.54) is 12.1 Å². The molecular formula is C19H24N2O4S. The highest BCUT2D eigenvalue weighted by molar-refractivity contribution is 7.89. The maximum atomic E-state index is 12.3. The van der Waals surface area contributed by atoms with Crippen molar-refractivity contribution < 1.29 is 17.9 Å². The summed E-state index contributed by atoms with van der Waals surface area (Å²) in [5.41, 5.74) is 0.737. The average Bonchev–Trinajstić information content (AvgIpc) is 2.53. The summed E-state index contributed by atoms with van der Waals surface area (Å²) in [6.45, 7) is 5.32. The van der Waals surface area contributed by atoms with Gasteiger partial charge in [-0.1, -0.05) is 18.2 Å². The molecule has 140 valence electrons. The van der Waals surface area contributed by atoms with Crippen LogP contribution in [0.4, 0.5) is 5.69 Å². The van der Waals surface area contributed by atoms with Crippen LogP contribution in [0.15, 0.2) is 53.4 Å². The number of amides is 1. The van der Waals surface area contributed by atoms with Gasteiger partial charge in [0.2, 0.25) is 15.9 Å². The third-order valence-corrected chi connectivity index (χ3v) is 5.21. The molecule has 1 amide bonds. The monoisotopic (exact) mass is 376 g/mol. The Labute approximate surface area is 154 Å². The van der Waals surface area contributed by atoms with Crippen LogP contribution in [0.3, 0.4) is 0 Å². The smallest absolute Gasteiger partial charge is 0.241 e. The molecule has 0 aliphatic carbocycles. The third kappa shape index (κ3) is 5.57. The molecule has 0 aliphatic heterocycles. The topological polar surface area (TPSA) is 84.5 Å². The molecule has 0 radical (unpaired) electrons. The molecule has 0 fully saturated rings. The Kier molecular flexibility index (Phi) is 6.05. The van der Waals surface area contributed by atoms with Gasteiger partial charge < -0.3 is 10.1 Å². The van der Waals surface area contributed by atoms with Gasteiger partial charge >= 0.3 is 0 Å². The SMILES string of the molecule is COc1ccccc1CC(=O)Nc1ccc(S(=O)(=O)NC(C)(C)C)cc1. The summed E-state index contributed by atoms with van der Waals surface area (Å²) in [6.07, 6.45) is 0.162. The summed E-state index contributed by atoms with van der Waals surface area (Å²) in [5, 5.41) is 2.76. The van der Waals surface area contributed by atoms with Crippen molar-refractivity contribution in [3.8, 4) is 5.75 Å². The molecule has 2 rings (SSSR count). The van der Waals surface area contributed by atoms with Crippen molar-refractivity contribution in [2.45, 2.75) is 37.6 Å². The molecule has 0 spiro atoms. The van der Waals surface area contributed by atoms with E-state index in [0.717, 1.165) is 5.56 Å². The quantitative estimate of drug-likeness (QED) is 0.812. The number of methoxy groups -OCH3 is 1. The highest BCUT2D eigenvalue weighted by Gasteiger charge is 2.21. The number of sulfonamides is 1. The molecule has 0 unspecified atom stereocenters. The molecule has 0 atom stereocenters. The summed E-state index contributed by atoms with van der Waals surface area (Å²) >= 11 is 0. The first-order valence-corrected chi connectivity index (χ1v) is 9.65. The predicted molar refractivity (Wildman–Crippen MR) is 102 cm³/mol. The zero-order valence-corrected chi connectivity index (χ0v) is 16.2. The van der Waals surface area contributed by atoms with Crippen molar-refractivity contribution in [1.82, 2.24) is 4.72 Å². The molecule has 0 heterocycles. The van der Waals surface area contributed by atoms with Gasteiger partial charge in [0.1, 0.15) is 5.75 Å². The lowest BCUT2D eigenvalue weighted by molar-refractivity contribution is -0.115. The Bertz CT molecular complexity index is 869. The fourth-order valence-electron chi connectivity index (χ4n) is 2.41. The van der Waals surface area contributed by atoms with E-state index in [1.807, 2.05) is 18.2 Å². The Hall–Kier alpha value is -2.38. The van der Waals surface area contributed by atoms with Crippen LogP contribution in [-0.4, -0.2) is 27.0 Å². The lowest BCUT2D eigenvalue weighted by atomic mass is 10.1. The van der Waals surface area contributed by atoms with Gasteiger partial charge in [-0.15, -0.1) is 0 Å². The molecule has 0 saturated carbocycles. The number of nitrogens with one attached hydrogen (secondary N) is 2. The minimum Gasteiger partial charge on any atom is -0.496 e. The Morgan fingerprint density at radius 1 is 1.04 bits per heavy atom. The van der Waals surface area contributed by atoms with Crippen LogP contribution in [-0.2, 0) is 21.2 Å². The second-order valence-electron chi connectivity index (χ2n) is 6.92. The van der Waals surface area contributed by atoms with Crippen molar-refractivity contribution in [1.29, 1.82) is 0 Å². The number of carbonyl (C=O) groups excluding carboxylic acids is 1. The van der Waals surface area contributed by atoms with E-state index in [4.69, 9.17) is 4.74 Å². The van der Waals surface area contributed by atoms with Gasteiger partial charge in [-0.2, -0.15) is 0 Å². The first-order chi connectivity index (χ1) is 12.1. The number of carbonyl (C=O) groups is 1. The van der Waals surface area contributed by atoms with Crippen LogP contribution >= 0.6 is 0 Å². The second-order valence-corrected chi connectivity index (χ2v) is 8.60. The van der Waals surface area contributed by atoms with Crippen LogP contribution in [0.2, 0.25) is 0 Å². The highest BCUT2D eigenvalue weighted by atomic mass is 32.2. The van der Waals surface area contributed by atoms with Crippen molar-refractivity contribution in [3.05, 3.63) is 54.1 Å². The largest absolute Gasteiger partial charge is 0.496 e. The van der Waals surface area contributed by atoms with E-state index in [9.17, 15) is 13.2 Å². The van der Waals surface area contributed by atoms with Crippen molar-refractivity contribution >= 4 is 21.6 Å². The number of benzene rings is 2. The van der Waals surface area contributed by atoms with Crippen LogP contribution in [0.25, 0.3) is 0 Å². The van der Waals surface area contributed by atoms with E-state index < -0.39 is 15.6 Å². The summed E-state index contributed by atoms with van der Waals surface area (Å²) in [6, 6.07) is 13.4. The standard InChI is InChI=1S/C19H24N2O4S/c1-19(2,3)21-26(23,24)16-11-9-15(10-12-16)20-18(22)13-14-7-5-6-8-17(14)25-4/h5-12,21H,13H2,1-4H3,(H,20,22). The van der Waals surface area contributed by atoms with Gasteiger partial charge in [0.25, 0.3) is 0 Å². The molecule has 2 aromatic carbocycles. The number of ether oxygens (including phenoxy) is 1. The molecule has 0 aromatic heterocycles. The summed E-state index contributed by atoms with van der Waals surface area (Å²) in [5.74, 6) is 0.440. The zero-order chi connectivity index (χ0) is 19.4. The first kappa shape index (κ1) is 19.9. The average molecular weight is 376 g/mol. The normalized spacial score (nSPS) is 11.8. The van der Waals surface area contributed by atoms with E-state index in [-0.39, 0.29) is 17.2 Å². The molecule has 26 heavy (non-hydrogen) atoms. The first-order valence-electron chi connectivity index (χ1n) is 8.16. The van der Waals surface area contributed by atoms with E-state index in [0.29, 0.717) is 11.4 Å². The van der Waals surface area contributed by atoms with Crippen LogP contribution < -0.4 is 14.8 Å². The fourth-order valence-corrected chi connectivity index (χ4v) is 3.83. The van der Waals surface area contributed by atoms with Crippen molar-refractivity contribution in [2.24, 2.45) is 0 Å². The molecule has 0 bridgehead atoms. The summed E-state index contributed by atoms with van der Waals surface area (Å²) in [4.78, 5) is 12.4. The van der Waals surface area contributed by atoms with Gasteiger partial charge in [0, 0.05) is 16.8 Å². The molecule has 2 N–H and O–H groups in total. The van der Waals surface area contributed by atoms with Crippen molar-refractivity contribution in [3.63, 3.8) is 0 Å². The fraction of sp³-hybridized carbons (Fsp3) is 0.316. The number of anilines is 1. The minimum atomic E-state index is -3.60. The molecule has 7 heteroatoms. The third-order valence-electron chi connectivity index (χ3n) is 3.43. The van der Waals surface area contributed by atoms with Gasteiger partial charge in [0.15, 0.2) is 0 Å². The Balaban J connectivity index is 2.06. The summed E-state index contributed by atoms with van der Waals surface area (Å²) in [7, 11) is -2.04. The van der Waals surface area contributed by atoms with Gasteiger partial charge in [-0.05, 0) is 51.1 Å². The molecular weight excluding hydrogens is 352 g/mol. The number of hydrogen-bond donors (Lipinski definition) is 2.